The maximum atomic E-state index is 13.9. The molecule has 2 amide bonds. The van der Waals surface area contributed by atoms with Gasteiger partial charge in [-0.15, -0.1) is 0 Å². The summed E-state index contributed by atoms with van der Waals surface area (Å²) in [6, 6.07) is 13.8. The highest BCUT2D eigenvalue weighted by atomic mass is 16.5. The molecule has 0 unspecified atom stereocenters. The summed E-state index contributed by atoms with van der Waals surface area (Å²) in [4.78, 5) is 28.8. The molecular formula is C24H30N3O3+. The Morgan fingerprint density at radius 3 is 2.43 bits per heavy atom. The first-order chi connectivity index (χ1) is 14.6. The molecule has 0 spiro atoms. The van der Waals surface area contributed by atoms with Crippen LogP contribution in [0.5, 0.6) is 0 Å². The number of amides is 2. The average molecular weight is 409 g/mol. The van der Waals surface area contributed by atoms with Crippen LogP contribution in [0.3, 0.4) is 0 Å². The maximum absolute atomic E-state index is 13.9. The molecule has 0 aromatic heterocycles. The zero-order chi connectivity index (χ0) is 21.1. The molecule has 6 heteroatoms. The summed E-state index contributed by atoms with van der Waals surface area (Å²) in [6.45, 7) is 4.13. The molecule has 0 bridgehead atoms. The van der Waals surface area contributed by atoms with Gasteiger partial charge < -0.3 is 9.64 Å². The van der Waals surface area contributed by atoms with E-state index in [2.05, 4.69) is 11.4 Å². The number of anilines is 3. The van der Waals surface area contributed by atoms with Crippen LogP contribution in [0.25, 0.3) is 0 Å². The highest BCUT2D eigenvalue weighted by Crippen LogP contribution is 2.38. The molecule has 0 aliphatic carbocycles. The standard InChI is InChI=1S/C24H29N3O3/c1-17(26-14-6-3-7-15-26)23(28)27-21-9-5-4-8-18(21)10-11-19-12-13-20(16-22(19)27)25-24(29)30-2/h4-5,8-9,12-13,16-17H,3,6-7,10-11,14-15H2,1-2H3,(H,25,29)/p+1/t17-/m1/s1. The fourth-order valence-corrected chi connectivity index (χ4v) is 4.61. The fraction of sp³-hybridized carbons (Fsp3) is 0.417. The first-order valence-electron chi connectivity index (χ1n) is 10.8. The minimum atomic E-state index is -0.520. The monoisotopic (exact) mass is 408 g/mol. The number of piperidine rings is 1. The van der Waals surface area contributed by atoms with Crippen molar-refractivity contribution in [2.75, 3.05) is 30.4 Å². The number of quaternary nitrogens is 1. The van der Waals surface area contributed by atoms with Gasteiger partial charge in [0, 0.05) is 5.69 Å². The molecule has 158 valence electrons. The molecule has 0 radical (unpaired) electrons. The molecular weight excluding hydrogens is 378 g/mol. The van der Waals surface area contributed by atoms with Crippen LogP contribution in [0, 0.1) is 0 Å². The Bertz CT molecular complexity index is 937. The van der Waals surface area contributed by atoms with Crippen molar-refractivity contribution in [3.63, 3.8) is 0 Å². The van der Waals surface area contributed by atoms with Crippen molar-refractivity contribution < 1.29 is 19.2 Å². The smallest absolute Gasteiger partial charge is 0.411 e. The lowest BCUT2D eigenvalue weighted by molar-refractivity contribution is -0.918. The predicted molar refractivity (Wildman–Crippen MR) is 117 cm³/mol. The second kappa shape index (κ2) is 8.88. The van der Waals surface area contributed by atoms with Crippen molar-refractivity contribution in [2.45, 2.75) is 45.1 Å². The molecule has 2 N–H and O–H groups in total. The van der Waals surface area contributed by atoms with Crippen LogP contribution in [0.15, 0.2) is 42.5 Å². The Morgan fingerprint density at radius 1 is 1.00 bits per heavy atom. The minimum absolute atomic E-state index is 0.109. The van der Waals surface area contributed by atoms with Gasteiger partial charge in [-0.3, -0.25) is 15.0 Å². The topological polar surface area (TPSA) is 63.1 Å². The van der Waals surface area contributed by atoms with E-state index in [1.807, 2.05) is 48.2 Å². The highest BCUT2D eigenvalue weighted by Gasteiger charge is 2.34. The molecule has 2 aliphatic rings. The summed E-state index contributed by atoms with van der Waals surface area (Å²) >= 11 is 0. The molecule has 6 nitrogen and oxygen atoms in total. The van der Waals surface area contributed by atoms with Gasteiger partial charge in [-0.2, -0.15) is 0 Å². The van der Waals surface area contributed by atoms with Crippen molar-refractivity contribution in [1.82, 2.24) is 0 Å². The number of nitrogens with one attached hydrogen (secondary N) is 2. The number of carbonyl (C=O) groups excluding carboxylic acids is 2. The van der Waals surface area contributed by atoms with Crippen molar-refractivity contribution in [3.05, 3.63) is 53.6 Å². The predicted octanol–water partition coefficient (Wildman–Crippen LogP) is 3.09. The highest BCUT2D eigenvalue weighted by molar-refractivity contribution is 6.05. The fourth-order valence-electron chi connectivity index (χ4n) is 4.61. The molecule has 2 aromatic carbocycles. The molecule has 2 aliphatic heterocycles. The normalized spacial score (nSPS) is 17.3. The second-order valence-corrected chi connectivity index (χ2v) is 8.20. The molecule has 2 aromatic rings. The van der Waals surface area contributed by atoms with E-state index in [-0.39, 0.29) is 11.9 Å². The summed E-state index contributed by atoms with van der Waals surface area (Å²) in [5, 5.41) is 2.73. The third-order valence-corrected chi connectivity index (χ3v) is 6.35. The third-order valence-electron chi connectivity index (χ3n) is 6.35. The van der Waals surface area contributed by atoms with E-state index in [0.29, 0.717) is 5.69 Å². The van der Waals surface area contributed by atoms with Gasteiger partial charge in [-0.1, -0.05) is 24.3 Å². The van der Waals surface area contributed by atoms with Crippen LogP contribution in [0.2, 0.25) is 0 Å². The molecule has 4 rings (SSSR count). The first-order valence-corrected chi connectivity index (χ1v) is 10.8. The van der Waals surface area contributed by atoms with E-state index < -0.39 is 6.09 Å². The summed E-state index contributed by atoms with van der Waals surface area (Å²) < 4.78 is 4.74. The van der Waals surface area contributed by atoms with Gasteiger partial charge in [-0.25, -0.2) is 4.79 Å². The summed E-state index contributed by atoms with van der Waals surface area (Å²) in [5.74, 6) is 0.109. The summed E-state index contributed by atoms with van der Waals surface area (Å²) in [5.41, 5.74) is 4.69. The molecule has 30 heavy (non-hydrogen) atoms. The number of hydrogen-bond donors (Lipinski definition) is 2. The zero-order valence-electron chi connectivity index (χ0n) is 17.7. The maximum Gasteiger partial charge on any atom is 0.411 e. The summed E-state index contributed by atoms with van der Waals surface area (Å²) in [6.07, 6.45) is 4.80. The quantitative estimate of drug-likeness (QED) is 0.820. The van der Waals surface area contributed by atoms with Gasteiger partial charge >= 0.3 is 6.09 Å². The van der Waals surface area contributed by atoms with Crippen molar-refractivity contribution in [3.8, 4) is 0 Å². The molecule has 0 saturated carbocycles. The van der Waals surface area contributed by atoms with Gasteiger partial charge in [0.2, 0.25) is 0 Å². The molecule has 2 heterocycles. The Balaban J connectivity index is 1.76. The van der Waals surface area contributed by atoms with Crippen LogP contribution in [0.4, 0.5) is 21.9 Å². The molecule has 1 saturated heterocycles. The third kappa shape index (κ3) is 4.05. The van der Waals surface area contributed by atoms with E-state index in [0.717, 1.165) is 42.9 Å². The number of aryl methyl sites for hydroxylation is 2. The van der Waals surface area contributed by atoms with Crippen LogP contribution in [-0.2, 0) is 22.4 Å². The number of fused-ring (bicyclic) bond motifs is 2. The number of hydrogen-bond acceptors (Lipinski definition) is 3. The van der Waals surface area contributed by atoms with Gasteiger partial charge in [0.15, 0.2) is 6.04 Å². The average Bonchev–Trinajstić information content (AvgIpc) is 2.95. The Labute approximate surface area is 177 Å². The van der Waals surface area contributed by atoms with E-state index in [9.17, 15) is 9.59 Å². The number of nitrogens with zero attached hydrogens (tertiary/aromatic N) is 1. The van der Waals surface area contributed by atoms with Crippen LogP contribution >= 0.6 is 0 Å². The van der Waals surface area contributed by atoms with E-state index in [4.69, 9.17) is 4.74 Å². The lowest BCUT2D eigenvalue weighted by Gasteiger charge is -2.33. The van der Waals surface area contributed by atoms with Crippen LogP contribution in [-0.4, -0.2) is 38.2 Å². The van der Waals surface area contributed by atoms with Gasteiger partial charge in [0.25, 0.3) is 5.91 Å². The second-order valence-electron chi connectivity index (χ2n) is 8.20. The van der Waals surface area contributed by atoms with Crippen molar-refractivity contribution in [2.24, 2.45) is 0 Å². The van der Waals surface area contributed by atoms with E-state index in [1.165, 1.54) is 36.8 Å². The number of benzene rings is 2. The molecule has 1 fully saturated rings. The van der Waals surface area contributed by atoms with E-state index >= 15 is 0 Å². The number of rotatable bonds is 3. The van der Waals surface area contributed by atoms with Crippen LogP contribution in [0.1, 0.15) is 37.3 Å². The number of ether oxygens (including phenoxy) is 1. The van der Waals surface area contributed by atoms with Gasteiger partial charge in [-0.05, 0) is 68.4 Å². The molecule has 1 atom stereocenters. The lowest BCUT2D eigenvalue weighted by Crippen LogP contribution is -3.17. The van der Waals surface area contributed by atoms with Gasteiger partial charge in [0.1, 0.15) is 0 Å². The Hall–Kier alpha value is -2.86. The van der Waals surface area contributed by atoms with E-state index in [1.54, 1.807) is 0 Å². The Morgan fingerprint density at radius 2 is 1.70 bits per heavy atom. The largest absolute Gasteiger partial charge is 0.453 e. The first kappa shape index (κ1) is 20.4. The van der Waals surface area contributed by atoms with Gasteiger partial charge in [0.05, 0.1) is 31.6 Å². The number of carbonyl (C=O) groups is 2. The summed E-state index contributed by atoms with van der Waals surface area (Å²) in [7, 11) is 1.34. The zero-order valence-corrected chi connectivity index (χ0v) is 17.7. The number of methoxy groups -OCH3 is 1. The van der Waals surface area contributed by atoms with Crippen molar-refractivity contribution >= 4 is 29.1 Å². The number of para-hydroxylation sites is 1. The minimum Gasteiger partial charge on any atom is -0.453 e. The number of likely N-dealkylation sites (tertiary alicyclic amines) is 1. The lowest BCUT2D eigenvalue weighted by atomic mass is 10.0. The SMILES string of the molecule is COC(=O)Nc1ccc2c(c1)N(C(=O)[C@@H](C)[NH+]1CCCCC1)c1ccccc1CC2. The van der Waals surface area contributed by atoms with Crippen molar-refractivity contribution in [1.29, 1.82) is 0 Å². The Kier molecular flexibility index (Phi) is 6.04. The van der Waals surface area contributed by atoms with Crippen LogP contribution < -0.4 is 15.1 Å².